The minimum Gasteiger partial charge on any atom is -0.432 e. The Morgan fingerprint density at radius 2 is 2.22 bits per heavy atom. The van der Waals surface area contributed by atoms with Crippen LogP contribution in [-0.4, -0.2) is 16.6 Å². The van der Waals surface area contributed by atoms with Crippen molar-refractivity contribution in [2.24, 2.45) is 0 Å². The number of hydrogen-bond acceptors (Lipinski definition) is 3. The summed E-state index contributed by atoms with van der Waals surface area (Å²) in [7, 11) is 0. The highest BCUT2D eigenvalue weighted by molar-refractivity contribution is 5.47. The number of ether oxygens (including phenoxy) is 1. The van der Waals surface area contributed by atoms with Crippen LogP contribution in [0.4, 0.5) is 18.9 Å². The highest BCUT2D eigenvalue weighted by Gasteiger charge is 2.10. The number of aromatic nitrogens is 2. The molecule has 0 bridgehead atoms. The summed E-state index contributed by atoms with van der Waals surface area (Å²) in [6, 6.07) is 3.70. The summed E-state index contributed by atoms with van der Waals surface area (Å²) in [5, 5.41) is 2.91. The third-order valence-electron chi connectivity index (χ3n) is 2.19. The Balaban J connectivity index is 2.00. The number of rotatable bonds is 5. The second-order valence-corrected chi connectivity index (χ2v) is 3.45. The quantitative estimate of drug-likeness (QED) is 0.865. The maximum Gasteiger partial charge on any atom is 0.387 e. The molecule has 4 nitrogen and oxygen atoms in total. The van der Waals surface area contributed by atoms with Gasteiger partial charge in [-0.2, -0.15) is 8.78 Å². The number of benzene rings is 1. The van der Waals surface area contributed by atoms with Crippen LogP contribution in [0.1, 0.15) is 5.69 Å². The molecule has 96 valence electrons. The van der Waals surface area contributed by atoms with Crippen LogP contribution in [0, 0.1) is 5.82 Å². The fourth-order valence-corrected chi connectivity index (χ4v) is 1.38. The van der Waals surface area contributed by atoms with Crippen molar-refractivity contribution < 1.29 is 17.9 Å². The van der Waals surface area contributed by atoms with E-state index in [1.165, 1.54) is 12.4 Å². The lowest BCUT2D eigenvalue weighted by Crippen LogP contribution is -2.05. The van der Waals surface area contributed by atoms with Gasteiger partial charge in [0.25, 0.3) is 0 Å². The summed E-state index contributed by atoms with van der Waals surface area (Å²) in [6.07, 6.45) is 3.15. The average molecular weight is 257 g/mol. The molecule has 0 radical (unpaired) electrons. The number of alkyl halides is 2. The Morgan fingerprint density at radius 3 is 2.83 bits per heavy atom. The van der Waals surface area contributed by atoms with Gasteiger partial charge < -0.3 is 15.0 Å². The van der Waals surface area contributed by atoms with Gasteiger partial charge in [-0.15, -0.1) is 0 Å². The van der Waals surface area contributed by atoms with E-state index in [2.05, 4.69) is 20.0 Å². The fourth-order valence-electron chi connectivity index (χ4n) is 1.38. The normalized spacial score (nSPS) is 10.7. The maximum absolute atomic E-state index is 13.4. The molecule has 1 heterocycles. The van der Waals surface area contributed by atoms with E-state index in [-0.39, 0.29) is 0 Å². The number of nitrogens with one attached hydrogen (secondary N) is 2. The molecule has 7 heteroatoms. The number of aromatic amines is 1. The first-order valence-electron chi connectivity index (χ1n) is 5.10. The van der Waals surface area contributed by atoms with Crippen LogP contribution in [0.25, 0.3) is 0 Å². The van der Waals surface area contributed by atoms with Gasteiger partial charge in [-0.05, 0) is 12.1 Å². The van der Waals surface area contributed by atoms with Gasteiger partial charge in [-0.25, -0.2) is 9.37 Å². The van der Waals surface area contributed by atoms with Crippen LogP contribution < -0.4 is 10.1 Å². The van der Waals surface area contributed by atoms with Crippen LogP contribution in [0.5, 0.6) is 5.75 Å². The Bertz CT molecular complexity index is 502. The average Bonchev–Trinajstić information content (AvgIpc) is 2.82. The highest BCUT2D eigenvalue weighted by Crippen LogP contribution is 2.22. The smallest absolute Gasteiger partial charge is 0.387 e. The summed E-state index contributed by atoms with van der Waals surface area (Å²) in [6.45, 7) is -2.61. The lowest BCUT2D eigenvalue weighted by molar-refractivity contribution is -0.0521. The van der Waals surface area contributed by atoms with Crippen molar-refractivity contribution in [3.05, 3.63) is 42.2 Å². The highest BCUT2D eigenvalue weighted by atomic mass is 19.3. The molecule has 0 unspecified atom stereocenters. The molecule has 1 aromatic heterocycles. The molecule has 0 fully saturated rings. The van der Waals surface area contributed by atoms with E-state index >= 15 is 0 Å². The van der Waals surface area contributed by atoms with Gasteiger partial charge in [0.2, 0.25) is 0 Å². The first-order valence-corrected chi connectivity index (χ1v) is 5.10. The molecule has 0 aliphatic heterocycles. The fraction of sp³-hybridized carbons (Fsp3) is 0.182. The zero-order valence-electron chi connectivity index (χ0n) is 9.16. The number of hydrogen-bond donors (Lipinski definition) is 2. The standard InChI is InChI=1S/C11H10F3N3O/c12-9-3-7(1-2-10(9)18-11(13)14)16-5-8-4-15-6-17-8/h1-4,6,11,16H,5H2,(H,15,17). The molecule has 0 atom stereocenters. The number of nitrogens with zero attached hydrogens (tertiary/aromatic N) is 1. The molecule has 0 amide bonds. The predicted molar refractivity (Wildman–Crippen MR) is 58.9 cm³/mol. The third kappa shape index (κ3) is 3.16. The van der Waals surface area contributed by atoms with E-state index in [0.29, 0.717) is 12.2 Å². The van der Waals surface area contributed by atoms with Gasteiger partial charge in [-0.3, -0.25) is 0 Å². The zero-order chi connectivity index (χ0) is 13.0. The largest absolute Gasteiger partial charge is 0.432 e. The first kappa shape index (κ1) is 12.3. The molecule has 0 saturated heterocycles. The van der Waals surface area contributed by atoms with Gasteiger partial charge in [0.1, 0.15) is 0 Å². The van der Waals surface area contributed by atoms with Crippen LogP contribution in [0.2, 0.25) is 0 Å². The Kier molecular flexibility index (Phi) is 3.71. The van der Waals surface area contributed by atoms with Crippen molar-refractivity contribution in [2.45, 2.75) is 13.2 Å². The zero-order valence-corrected chi connectivity index (χ0v) is 9.16. The molecule has 18 heavy (non-hydrogen) atoms. The molecule has 0 spiro atoms. The van der Waals surface area contributed by atoms with E-state index in [9.17, 15) is 13.2 Å². The van der Waals surface area contributed by atoms with Gasteiger partial charge in [0.15, 0.2) is 11.6 Å². The molecule has 0 saturated carbocycles. The van der Waals surface area contributed by atoms with Gasteiger partial charge in [0.05, 0.1) is 18.6 Å². The van der Waals surface area contributed by atoms with Crippen molar-refractivity contribution in [1.82, 2.24) is 9.97 Å². The van der Waals surface area contributed by atoms with Crippen LogP contribution in [0.15, 0.2) is 30.7 Å². The Labute approximate surface area is 101 Å². The molecule has 1 aromatic carbocycles. The summed E-state index contributed by atoms with van der Waals surface area (Å²) in [5.41, 5.74) is 1.28. The summed E-state index contributed by atoms with van der Waals surface area (Å²) >= 11 is 0. The summed E-state index contributed by atoms with van der Waals surface area (Å²) < 4.78 is 41.2. The first-order chi connectivity index (χ1) is 8.65. The number of imidazole rings is 1. The second kappa shape index (κ2) is 5.44. The Morgan fingerprint density at radius 1 is 1.39 bits per heavy atom. The van der Waals surface area contributed by atoms with Crippen LogP contribution >= 0.6 is 0 Å². The lowest BCUT2D eigenvalue weighted by Gasteiger charge is -2.08. The van der Waals surface area contributed by atoms with Crippen LogP contribution in [0.3, 0.4) is 0 Å². The van der Waals surface area contributed by atoms with Gasteiger partial charge in [0, 0.05) is 18.0 Å². The monoisotopic (exact) mass is 257 g/mol. The van der Waals surface area contributed by atoms with Crippen molar-refractivity contribution in [1.29, 1.82) is 0 Å². The molecule has 2 rings (SSSR count). The lowest BCUT2D eigenvalue weighted by atomic mass is 10.3. The SMILES string of the molecule is Fc1cc(NCc2cnc[nH]2)ccc1OC(F)F. The van der Waals surface area contributed by atoms with Gasteiger partial charge in [-0.1, -0.05) is 0 Å². The maximum atomic E-state index is 13.4. The van der Waals surface area contributed by atoms with E-state index < -0.39 is 18.2 Å². The van der Waals surface area contributed by atoms with Crippen molar-refractivity contribution in [2.75, 3.05) is 5.32 Å². The molecule has 0 aliphatic rings. The molecule has 2 N–H and O–H groups in total. The molecule has 0 aliphatic carbocycles. The summed E-state index contributed by atoms with van der Waals surface area (Å²) in [5.74, 6) is -1.32. The van der Waals surface area contributed by atoms with Crippen molar-refractivity contribution >= 4 is 5.69 Å². The number of anilines is 1. The van der Waals surface area contributed by atoms with Crippen LogP contribution in [-0.2, 0) is 6.54 Å². The minimum atomic E-state index is -3.04. The third-order valence-corrected chi connectivity index (χ3v) is 2.19. The second-order valence-electron chi connectivity index (χ2n) is 3.45. The molecular weight excluding hydrogens is 247 g/mol. The molecular formula is C11H10F3N3O. The van der Waals surface area contributed by atoms with E-state index in [1.807, 2.05) is 0 Å². The van der Waals surface area contributed by atoms with Gasteiger partial charge >= 0.3 is 6.61 Å². The molecule has 2 aromatic rings. The van der Waals surface area contributed by atoms with Crippen molar-refractivity contribution in [3.8, 4) is 5.75 Å². The van der Waals surface area contributed by atoms with E-state index in [1.54, 1.807) is 6.20 Å². The van der Waals surface area contributed by atoms with E-state index in [0.717, 1.165) is 17.8 Å². The summed E-state index contributed by atoms with van der Waals surface area (Å²) in [4.78, 5) is 6.69. The van der Waals surface area contributed by atoms with E-state index in [4.69, 9.17) is 0 Å². The van der Waals surface area contributed by atoms with Crippen molar-refractivity contribution in [3.63, 3.8) is 0 Å². The topological polar surface area (TPSA) is 49.9 Å². The number of halogens is 3. The number of H-pyrrole nitrogens is 1. The Hall–Kier alpha value is -2.18. The minimum absolute atomic E-state index is 0.425. The predicted octanol–water partition coefficient (Wildman–Crippen LogP) is 2.76.